The Hall–Kier alpha value is -1.89. The molecule has 0 aromatic carbocycles. The quantitative estimate of drug-likeness (QED) is 0.774. The van der Waals surface area contributed by atoms with Crippen molar-refractivity contribution in [3.05, 3.63) is 17.5 Å². The first-order valence-corrected chi connectivity index (χ1v) is 11.2. The maximum absolute atomic E-state index is 13.5. The fraction of sp³-hybridized carbons (Fsp3) is 0.773. The van der Waals surface area contributed by atoms with Gasteiger partial charge in [-0.2, -0.15) is 5.10 Å². The number of likely N-dealkylation sites (tertiary alicyclic amines) is 1. The highest BCUT2D eigenvalue weighted by Crippen LogP contribution is 2.47. The molecule has 2 amide bonds. The minimum atomic E-state index is -0.301. The summed E-state index contributed by atoms with van der Waals surface area (Å²) in [6, 6.07) is 0.545. The highest BCUT2D eigenvalue weighted by atomic mass is 16.2. The first-order valence-electron chi connectivity index (χ1n) is 11.2. The zero-order valence-corrected chi connectivity index (χ0v) is 17.9. The van der Waals surface area contributed by atoms with Gasteiger partial charge >= 0.3 is 0 Å². The molecule has 0 radical (unpaired) electrons. The van der Waals surface area contributed by atoms with Gasteiger partial charge in [0, 0.05) is 64.0 Å². The van der Waals surface area contributed by atoms with Gasteiger partial charge in [-0.15, -0.1) is 0 Å². The third-order valence-corrected chi connectivity index (χ3v) is 8.29. The Kier molecular flexibility index (Phi) is 4.68. The molecule has 1 aromatic heterocycles. The van der Waals surface area contributed by atoms with Crippen molar-refractivity contribution < 1.29 is 9.59 Å². The van der Waals surface area contributed by atoms with Gasteiger partial charge in [0.1, 0.15) is 0 Å². The number of nitrogens with zero attached hydrogens (tertiary/aromatic N) is 5. The average molecular weight is 400 g/mol. The Morgan fingerprint density at radius 3 is 2.45 bits per heavy atom. The fourth-order valence-corrected chi connectivity index (χ4v) is 6.49. The van der Waals surface area contributed by atoms with Gasteiger partial charge < -0.3 is 9.80 Å². The number of carbonyl (C=O) groups is 2. The first kappa shape index (κ1) is 19.1. The molecule has 5 unspecified atom stereocenters. The molecule has 2 bridgehead atoms. The van der Waals surface area contributed by atoms with Gasteiger partial charge in [0.15, 0.2) is 0 Å². The number of fused-ring (bicyclic) bond motifs is 2. The second-order valence-electron chi connectivity index (χ2n) is 9.67. The lowest BCUT2D eigenvalue weighted by molar-refractivity contribution is -0.138. The summed E-state index contributed by atoms with van der Waals surface area (Å²) in [4.78, 5) is 32.3. The van der Waals surface area contributed by atoms with Crippen LogP contribution in [0.25, 0.3) is 0 Å². The highest BCUT2D eigenvalue weighted by Gasteiger charge is 2.47. The second-order valence-corrected chi connectivity index (χ2v) is 9.67. The van der Waals surface area contributed by atoms with E-state index in [1.807, 2.05) is 36.8 Å². The van der Waals surface area contributed by atoms with Crippen LogP contribution in [0.2, 0.25) is 0 Å². The topological polar surface area (TPSA) is 61.7 Å². The molecule has 29 heavy (non-hydrogen) atoms. The van der Waals surface area contributed by atoms with E-state index in [1.54, 1.807) is 4.90 Å². The van der Waals surface area contributed by atoms with E-state index in [2.05, 4.69) is 10.00 Å². The smallest absolute Gasteiger partial charge is 0.228 e. The summed E-state index contributed by atoms with van der Waals surface area (Å²) in [6.07, 6.45) is 7.74. The largest absolute Gasteiger partial charge is 0.340 e. The van der Waals surface area contributed by atoms with E-state index < -0.39 is 0 Å². The normalized spacial score (nSPS) is 35.1. The van der Waals surface area contributed by atoms with E-state index >= 15 is 0 Å². The zero-order valence-electron chi connectivity index (χ0n) is 17.9. The lowest BCUT2D eigenvalue weighted by Gasteiger charge is -2.42. The number of carbonyl (C=O) groups excluding carboxylic acids is 2. The molecule has 4 aliphatic rings. The summed E-state index contributed by atoms with van der Waals surface area (Å²) < 4.78 is 1.82. The van der Waals surface area contributed by atoms with Gasteiger partial charge in [0.2, 0.25) is 11.8 Å². The number of hydrogen-bond donors (Lipinski definition) is 0. The number of rotatable bonds is 3. The van der Waals surface area contributed by atoms with Gasteiger partial charge in [-0.3, -0.25) is 19.2 Å². The first-order chi connectivity index (χ1) is 13.9. The average Bonchev–Trinajstić information content (AvgIpc) is 3.49. The molecule has 0 spiro atoms. The minimum Gasteiger partial charge on any atom is -0.340 e. The van der Waals surface area contributed by atoms with Gasteiger partial charge in [-0.25, -0.2) is 0 Å². The fourth-order valence-electron chi connectivity index (χ4n) is 6.49. The number of aryl methyl sites for hydroxylation is 1. The molecule has 2 saturated heterocycles. The lowest BCUT2D eigenvalue weighted by atomic mass is 9.91. The predicted octanol–water partition coefficient (Wildman–Crippen LogP) is 1.58. The Balaban J connectivity index is 1.27. The van der Waals surface area contributed by atoms with Crippen LogP contribution in [-0.4, -0.2) is 75.6 Å². The van der Waals surface area contributed by atoms with E-state index in [9.17, 15) is 9.59 Å². The summed E-state index contributed by atoms with van der Waals surface area (Å²) in [5.74, 6) is 1.74. The van der Waals surface area contributed by atoms with Crippen molar-refractivity contribution in [1.29, 1.82) is 0 Å². The third kappa shape index (κ3) is 3.09. The van der Waals surface area contributed by atoms with Crippen molar-refractivity contribution in [3.63, 3.8) is 0 Å². The summed E-state index contributed by atoms with van der Waals surface area (Å²) in [5, 5.41) is 4.35. The van der Waals surface area contributed by atoms with E-state index in [1.165, 1.54) is 25.7 Å². The standard InChI is InChI=1S/C22H33N5O2/c1-14-18(13-23-25(14)3)21-17(12-20(28)24(21)2)22(29)27-8-6-26(7-9-27)19-11-15-4-5-16(19)10-15/h13,15-17,19,21H,4-12H2,1-3H3. The molecule has 2 aliphatic heterocycles. The van der Waals surface area contributed by atoms with Crippen molar-refractivity contribution in [2.45, 2.75) is 51.1 Å². The van der Waals surface area contributed by atoms with Crippen LogP contribution in [0.1, 0.15) is 49.4 Å². The van der Waals surface area contributed by atoms with Gasteiger partial charge in [0.25, 0.3) is 0 Å². The van der Waals surface area contributed by atoms with Crippen molar-refractivity contribution >= 4 is 11.8 Å². The molecule has 5 rings (SSSR count). The monoisotopic (exact) mass is 399 g/mol. The summed E-state index contributed by atoms with van der Waals surface area (Å²) >= 11 is 0. The number of amides is 2. The number of piperazine rings is 1. The Labute approximate surface area is 173 Å². The number of hydrogen-bond acceptors (Lipinski definition) is 4. The van der Waals surface area contributed by atoms with Crippen molar-refractivity contribution in [3.8, 4) is 0 Å². The van der Waals surface area contributed by atoms with E-state index in [-0.39, 0.29) is 23.8 Å². The van der Waals surface area contributed by atoms with Gasteiger partial charge in [-0.1, -0.05) is 6.42 Å². The number of aromatic nitrogens is 2. The van der Waals surface area contributed by atoms with E-state index in [0.717, 1.165) is 55.3 Å². The zero-order chi connectivity index (χ0) is 20.3. The highest BCUT2D eigenvalue weighted by molar-refractivity contribution is 5.90. The molecule has 4 fully saturated rings. The van der Waals surface area contributed by atoms with Crippen molar-refractivity contribution in [2.24, 2.45) is 24.8 Å². The summed E-state index contributed by atoms with van der Waals surface area (Å²) in [5.41, 5.74) is 2.02. The van der Waals surface area contributed by atoms with Crippen LogP contribution in [0.4, 0.5) is 0 Å². The van der Waals surface area contributed by atoms with Crippen molar-refractivity contribution in [2.75, 3.05) is 33.2 Å². The van der Waals surface area contributed by atoms with Crippen LogP contribution in [0.15, 0.2) is 6.20 Å². The SMILES string of the molecule is Cc1c(C2C(C(=O)N3CCN(C4CC5CCC4C5)CC3)CC(=O)N2C)cnn1C. The van der Waals surface area contributed by atoms with Crippen LogP contribution in [0.3, 0.4) is 0 Å². The second kappa shape index (κ2) is 7.11. The molecule has 0 N–H and O–H groups in total. The maximum atomic E-state index is 13.5. The van der Waals surface area contributed by atoms with Crippen molar-refractivity contribution in [1.82, 2.24) is 24.5 Å². The molecule has 7 nitrogen and oxygen atoms in total. The van der Waals surface area contributed by atoms with Crippen LogP contribution >= 0.6 is 0 Å². The lowest BCUT2D eigenvalue weighted by Crippen LogP contribution is -2.54. The molecule has 1 aromatic rings. The molecule has 2 saturated carbocycles. The minimum absolute atomic E-state index is 0.0530. The van der Waals surface area contributed by atoms with Crippen LogP contribution in [0, 0.1) is 24.7 Å². The Morgan fingerprint density at radius 1 is 1.10 bits per heavy atom. The molecule has 7 heteroatoms. The van der Waals surface area contributed by atoms with Gasteiger partial charge in [0.05, 0.1) is 18.2 Å². The maximum Gasteiger partial charge on any atom is 0.228 e. The van der Waals surface area contributed by atoms with Crippen LogP contribution in [-0.2, 0) is 16.6 Å². The third-order valence-electron chi connectivity index (χ3n) is 8.29. The van der Waals surface area contributed by atoms with E-state index in [4.69, 9.17) is 0 Å². The van der Waals surface area contributed by atoms with Gasteiger partial charge in [-0.05, 0) is 38.0 Å². The predicted molar refractivity (Wildman–Crippen MR) is 109 cm³/mol. The molecule has 2 aliphatic carbocycles. The van der Waals surface area contributed by atoms with E-state index in [0.29, 0.717) is 6.42 Å². The molecular weight excluding hydrogens is 366 g/mol. The summed E-state index contributed by atoms with van der Waals surface area (Å²) in [6.45, 7) is 5.55. The molecular formula is C22H33N5O2. The Bertz CT molecular complexity index is 812. The van der Waals surface area contributed by atoms with Crippen LogP contribution < -0.4 is 0 Å². The summed E-state index contributed by atoms with van der Waals surface area (Å²) in [7, 11) is 3.72. The molecule has 3 heterocycles. The van der Waals surface area contributed by atoms with Crippen LogP contribution in [0.5, 0.6) is 0 Å². The Morgan fingerprint density at radius 2 is 1.86 bits per heavy atom. The molecule has 5 atom stereocenters. The molecule has 158 valence electrons.